The molecule has 0 saturated heterocycles. The first kappa shape index (κ1) is 14.5. The minimum atomic E-state index is 0.0700. The van der Waals surface area contributed by atoms with Crippen LogP contribution in [0.1, 0.15) is 23.4 Å². The van der Waals surface area contributed by atoms with Crippen LogP contribution in [0.3, 0.4) is 0 Å². The van der Waals surface area contributed by atoms with Crippen LogP contribution in [0.5, 0.6) is 0 Å². The second-order valence-corrected chi connectivity index (χ2v) is 6.55. The van der Waals surface area contributed by atoms with Crippen LogP contribution >= 0.6 is 22.9 Å². The van der Waals surface area contributed by atoms with Crippen LogP contribution in [0.4, 0.5) is 0 Å². The van der Waals surface area contributed by atoms with E-state index in [0.29, 0.717) is 5.92 Å². The number of rotatable bonds is 6. The quantitative estimate of drug-likeness (QED) is 0.850. The fraction of sp³-hybridized carbons (Fsp3) is 0.333. The smallest absolute Gasteiger partial charge is 0.0931 e. The summed E-state index contributed by atoms with van der Waals surface area (Å²) in [5.41, 5.74) is 7.45. The van der Waals surface area contributed by atoms with Gasteiger partial charge < -0.3 is 11.1 Å². The minimum absolute atomic E-state index is 0.0700. The summed E-state index contributed by atoms with van der Waals surface area (Å²) in [5.74, 6) is 0.387. The van der Waals surface area contributed by atoms with Gasteiger partial charge in [-0.25, -0.2) is 0 Å². The van der Waals surface area contributed by atoms with Crippen molar-refractivity contribution in [2.45, 2.75) is 19.5 Å². The van der Waals surface area contributed by atoms with E-state index >= 15 is 0 Å². The largest absolute Gasteiger partial charge is 0.324 e. The predicted molar refractivity (Wildman–Crippen MR) is 83.6 cm³/mol. The number of halogens is 1. The normalized spacial score (nSPS) is 14.3. The monoisotopic (exact) mass is 294 g/mol. The number of thiophene rings is 1. The van der Waals surface area contributed by atoms with Gasteiger partial charge in [-0.1, -0.05) is 48.9 Å². The maximum atomic E-state index is 6.26. The van der Waals surface area contributed by atoms with E-state index in [-0.39, 0.29) is 6.04 Å². The Bertz CT molecular complexity index is 498. The van der Waals surface area contributed by atoms with Gasteiger partial charge >= 0.3 is 0 Å². The molecule has 1 aromatic heterocycles. The second kappa shape index (κ2) is 7.06. The molecular weight excluding hydrogens is 276 g/mol. The van der Waals surface area contributed by atoms with Gasteiger partial charge in [0.15, 0.2) is 0 Å². The molecule has 0 bridgehead atoms. The van der Waals surface area contributed by atoms with Crippen molar-refractivity contribution in [3.05, 3.63) is 57.2 Å². The molecule has 4 heteroatoms. The number of nitrogens with two attached hydrogens (primary N) is 1. The molecule has 0 amide bonds. The zero-order valence-electron chi connectivity index (χ0n) is 11.0. The summed E-state index contributed by atoms with van der Waals surface area (Å²) >= 11 is 7.52. The van der Waals surface area contributed by atoms with Gasteiger partial charge in [0.25, 0.3) is 0 Å². The lowest BCUT2D eigenvalue weighted by molar-refractivity contribution is 0.435. The van der Waals surface area contributed by atoms with Crippen molar-refractivity contribution in [1.29, 1.82) is 0 Å². The minimum Gasteiger partial charge on any atom is -0.324 e. The van der Waals surface area contributed by atoms with Gasteiger partial charge in [-0.2, -0.15) is 0 Å². The van der Waals surface area contributed by atoms with Crippen LogP contribution in [-0.4, -0.2) is 6.54 Å². The number of nitrogens with one attached hydrogen (secondary N) is 1. The molecule has 0 spiro atoms. The molecule has 2 atom stereocenters. The number of hydrogen-bond donors (Lipinski definition) is 2. The third-order valence-electron chi connectivity index (χ3n) is 3.19. The molecule has 0 radical (unpaired) electrons. The molecule has 0 aliphatic heterocycles. The van der Waals surface area contributed by atoms with Crippen LogP contribution in [0.2, 0.25) is 4.34 Å². The Morgan fingerprint density at radius 3 is 2.58 bits per heavy atom. The Kier molecular flexibility index (Phi) is 5.40. The van der Waals surface area contributed by atoms with Gasteiger partial charge in [0.05, 0.1) is 4.34 Å². The Labute approximate surface area is 123 Å². The Balaban J connectivity index is 1.79. The molecule has 2 aromatic rings. The standard InChI is InChI=1S/C15H19ClN2S/c1-11(15(17)12-5-3-2-4-6-12)9-18-10-13-7-8-14(16)19-13/h2-8,11,15,18H,9-10,17H2,1H3. The first-order chi connectivity index (χ1) is 9.16. The lowest BCUT2D eigenvalue weighted by Gasteiger charge is -2.20. The maximum Gasteiger partial charge on any atom is 0.0931 e. The van der Waals surface area contributed by atoms with Crippen molar-refractivity contribution < 1.29 is 0 Å². The van der Waals surface area contributed by atoms with Gasteiger partial charge in [0.2, 0.25) is 0 Å². The fourth-order valence-corrected chi connectivity index (χ4v) is 3.06. The summed E-state index contributed by atoms with van der Waals surface area (Å²) in [6, 6.07) is 14.3. The van der Waals surface area contributed by atoms with Crippen molar-refractivity contribution in [2.75, 3.05) is 6.54 Å². The zero-order valence-corrected chi connectivity index (χ0v) is 12.5. The molecule has 0 fully saturated rings. The molecule has 0 saturated carbocycles. The number of hydrogen-bond acceptors (Lipinski definition) is 3. The van der Waals surface area contributed by atoms with Crippen LogP contribution in [-0.2, 0) is 6.54 Å². The third kappa shape index (κ3) is 4.32. The molecule has 0 aliphatic rings. The fourth-order valence-electron chi connectivity index (χ4n) is 2.00. The van der Waals surface area contributed by atoms with E-state index in [4.69, 9.17) is 17.3 Å². The highest BCUT2D eigenvalue weighted by atomic mass is 35.5. The van der Waals surface area contributed by atoms with Gasteiger partial charge in [0, 0.05) is 17.5 Å². The molecule has 2 rings (SSSR count). The second-order valence-electron chi connectivity index (χ2n) is 4.75. The topological polar surface area (TPSA) is 38.0 Å². The summed E-state index contributed by atoms with van der Waals surface area (Å²) in [4.78, 5) is 1.26. The van der Waals surface area contributed by atoms with Crippen LogP contribution in [0.15, 0.2) is 42.5 Å². The molecule has 2 unspecified atom stereocenters. The average molecular weight is 295 g/mol. The summed E-state index contributed by atoms with van der Waals surface area (Å²) < 4.78 is 0.839. The highest BCUT2D eigenvalue weighted by molar-refractivity contribution is 7.16. The van der Waals surface area contributed by atoms with Gasteiger partial charge in [-0.05, 0) is 30.2 Å². The molecule has 1 heterocycles. The molecule has 0 aliphatic carbocycles. The van der Waals surface area contributed by atoms with E-state index in [1.807, 2.05) is 24.3 Å². The highest BCUT2D eigenvalue weighted by Gasteiger charge is 2.14. The van der Waals surface area contributed by atoms with Crippen LogP contribution < -0.4 is 11.1 Å². The number of benzene rings is 1. The van der Waals surface area contributed by atoms with Gasteiger partial charge in [0.1, 0.15) is 0 Å². The summed E-state index contributed by atoms with van der Waals surface area (Å²) in [7, 11) is 0. The molecule has 2 nitrogen and oxygen atoms in total. The highest BCUT2D eigenvalue weighted by Crippen LogP contribution is 2.22. The summed E-state index contributed by atoms with van der Waals surface area (Å²) in [5, 5.41) is 3.44. The molecule has 1 aromatic carbocycles. The van der Waals surface area contributed by atoms with Crippen LogP contribution in [0, 0.1) is 5.92 Å². The molecular formula is C15H19ClN2S. The van der Waals surface area contributed by atoms with Crippen molar-refractivity contribution in [1.82, 2.24) is 5.32 Å². The third-order valence-corrected chi connectivity index (χ3v) is 4.42. The van der Waals surface area contributed by atoms with E-state index < -0.39 is 0 Å². The Hall–Kier alpha value is -0.870. The maximum absolute atomic E-state index is 6.26. The van der Waals surface area contributed by atoms with Crippen molar-refractivity contribution >= 4 is 22.9 Å². The van der Waals surface area contributed by atoms with Crippen molar-refractivity contribution in [2.24, 2.45) is 11.7 Å². The lowest BCUT2D eigenvalue weighted by atomic mass is 9.95. The Morgan fingerprint density at radius 1 is 1.21 bits per heavy atom. The van der Waals surface area contributed by atoms with E-state index in [1.165, 1.54) is 10.4 Å². The van der Waals surface area contributed by atoms with Gasteiger partial charge in [-0.3, -0.25) is 0 Å². The van der Waals surface area contributed by atoms with Gasteiger partial charge in [-0.15, -0.1) is 11.3 Å². The molecule has 102 valence electrons. The first-order valence-electron chi connectivity index (χ1n) is 6.42. The summed E-state index contributed by atoms with van der Waals surface area (Å²) in [6.45, 7) is 3.92. The zero-order chi connectivity index (χ0) is 13.7. The van der Waals surface area contributed by atoms with E-state index in [0.717, 1.165) is 17.4 Å². The lowest BCUT2D eigenvalue weighted by Crippen LogP contribution is -2.29. The first-order valence-corrected chi connectivity index (χ1v) is 7.61. The predicted octanol–water partition coefficient (Wildman–Crippen LogP) is 3.83. The molecule has 3 N–H and O–H groups in total. The van der Waals surface area contributed by atoms with E-state index in [1.54, 1.807) is 11.3 Å². The van der Waals surface area contributed by atoms with E-state index in [9.17, 15) is 0 Å². The van der Waals surface area contributed by atoms with Crippen molar-refractivity contribution in [3.63, 3.8) is 0 Å². The molecule has 19 heavy (non-hydrogen) atoms. The Morgan fingerprint density at radius 2 is 1.95 bits per heavy atom. The average Bonchev–Trinajstić information content (AvgIpc) is 2.84. The summed E-state index contributed by atoms with van der Waals surface area (Å²) in [6.07, 6.45) is 0. The van der Waals surface area contributed by atoms with E-state index in [2.05, 4.69) is 30.4 Å². The van der Waals surface area contributed by atoms with Crippen molar-refractivity contribution in [3.8, 4) is 0 Å². The van der Waals surface area contributed by atoms with Crippen LogP contribution in [0.25, 0.3) is 0 Å². The SMILES string of the molecule is CC(CNCc1ccc(Cl)s1)C(N)c1ccccc1.